The first-order valence-corrected chi connectivity index (χ1v) is 9.97. The van der Waals surface area contributed by atoms with Crippen molar-refractivity contribution in [2.75, 3.05) is 6.54 Å². The van der Waals surface area contributed by atoms with Crippen molar-refractivity contribution >= 4 is 10.0 Å². The highest BCUT2D eigenvalue weighted by Gasteiger charge is 2.11. The molecule has 0 heterocycles. The maximum absolute atomic E-state index is 12.1. The quantitative estimate of drug-likeness (QED) is 0.496. The molecule has 0 aliphatic heterocycles. The lowest BCUT2D eigenvalue weighted by molar-refractivity contribution is 0.579. The molecular formula is C19H29NO2S. The second-order valence-corrected chi connectivity index (χ2v) is 7.53. The summed E-state index contributed by atoms with van der Waals surface area (Å²) in [6.45, 7) is 6.73. The molecule has 0 spiro atoms. The fourth-order valence-corrected chi connectivity index (χ4v) is 3.24. The average Bonchev–Trinajstić information content (AvgIpc) is 2.54. The minimum atomic E-state index is -3.39. The first-order chi connectivity index (χ1) is 11.0. The van der Waals surface area contributed by atoms with Gasteiger partial charge in [-0.2, -0.15) is 0 Å². The van der Waals surface area contributed by atoms with E-state index >= 15 is 0 Å². The molecule has 0 saturated heterocycles. The summed E-state index contributed by atoms with van der Waals surface area (Å²) in [7, 11) is -3.39. The van der Waals surface area contributed by atoms with Crippen molar-refractivity contribution in [1.82, 2.24) is 4.72 Å². The molecule has 4 heteroatoms. The second-order valence-electron chi connectivity index (χ2n) is 5.76. The third kappa shape index (κ3) is 7.65. The average molecular weight is 336 g/mol. The zero-order chi connectivity index (χ0) is 17.1. The second kappa shape index (κ2) is 10.4. The molecule has 128 valence electrons. The van der Waals surface area contributed by atoms with Crippen LogP contribution in [0.15, 0.2) is 46.5 Å². The lowest BCUT2D eigenvalue weighted by Crippen LogP contribution is -2.24. The molecule has 1 aromatic rings. The lowest BCUT2D eigenvalue weighted by Gasteiger charge is -2.06. The van der Waals surface area contributed by atoms with Crippen molar-refractivity contribution < 1.29 is 8.42 Å². The van der Waals surface area contributed by atoms with Crippen LogP contribution >= 0.6 is 0 Å². The molecule has 0 aliphatic rings. The van der Waals surface area contributed by atoms with Crippen molar-refractivity contribution in [3.8, 4) is 0 Å². The van der Waals surface area contributed by atoms with E-state index in [-0.39, 0.29) is 0 Å². The minimum absolute atomic E-state index is 0.325. The van der Waals surface area contributed by atoms with Gasteiger partial charge in [0.15, 0.2) is 0 Å². The molecule has 0 unspecified atom stereocenters. The van der Waals surface area contributed by atoms with Crippen LogP contribution in [0.4, 0.5) is 0 Å². The molecule has 1 aromatic carbocycles. The van der Waals surface area contributed by atoms with Crippen LogP contribution in [0.2, 0.25) is 0 Å². The van der Waals surface area contributed by atoms with Gasteiger partial charge in [-0.25, -0.2) is 13.1 Å². The van der Waals surface area contributed by atoms with E-state index in [0.29, 0.717) is 11.4 Å². The van der Waals surface area contributed by atoms with Gasteiger partial charge in [-0.15, -0.1) is 5.73 Å². The van der Waals surface area contributed by atoms with E-state index < -0.39 is 10.0 Å². The van der Waals surface area contributed by atoms with Crippen molar-refractivity contribution in [2.45, 2.75) is 64.2 Å². The van der Waals surface area contributed by atoms with Crippen LogP contribution in [-0.4, -0.2) is 15.0 Å². The predicted molar refractivity (Wildman–Crippen MR) is 97.0 cm³/mol. The summed E-state index contributed by atoms with van der Waals surface area (Å²) in [5.74, 6) is 0. The van der Waals surface area contributed by atoms with Crippen molar-refractivity contribution in [3.63, 3.8) is 0 Å². The van der Waals surface area contributed by atoms with Crippen molar-refractivity contribution in [1.29, 1.82) is 0 Å². The first kappa shape index (κ1) is 19.7. The number of unbranched alkanes of at least 4 members (excludes halogenated alkanes) is 2. The molecule has 0 amide bonds. The topological polar surface area (TPSA) is 46.2 Å². The maximum Gasteiger partial charge on any atom is 0.240 e. The van der Waals surface area contributed by atoms with E-state index in [0.717, 1.165) is 31.2 Å². The number of allylic oxidation sites excluding steroid dienone is 1. The van der Waals surface area contributed by atoms with Crippen LogP contribution in [0.3, 0.4) is 0 Å². The largest absolute Gasteiger partial charge is 0.240 e. The Labute approximate surface area is 141 Å². The highest BCUT2D eigenvalue weighted by molar-refractivity contribution is 7.89. The third-order valence-corrected chi connectivity index (χ3v) is 5.19. The van der Waals surface area contributed by atoms with Gasteiger partial charge in [0.25, 0.3) is 0 Å². The summed E-state index contributed by atoms with van der Waals surface area (Å²) in [4.78, 5) is 0.325. The number of benzene rings is 1. The Morgan fingerprint density at radius 2 is 1.87 bits per heavy atom. The SMILES string of the molecule is CCCCC(=C=CCCCNS(=O)(=O)c1ccc(C)cc1)CC. The Bertz CT molecular complexity index is 624. The van der Waals surface area contributed by atoms with Crippen LogP contribution in [0.25, 0.3) is 0 Å². The highest BCUT2D eigenvalue weighted by atomic mass is 32.2. The zero-order valence-corrected chi connectivity index (χ0v) is 15.4. The van der Waals surface area contributed by atoms with Gasteiger partial charge in [-0.05, 0) is 62.8 Å². The van der Waals surface area contributed by atoms with Crippen LogP contribution in [-0.2, 0) is 10.0 Å². The maximum atomic E-state index is 12.1. The molecule has 0 atom stereocenters. The van der Waals surface area contributed by atoms with Gasteiger partial charge in [0.2, 0.25) is 10.0 Å². The van der Waals surface area contributed by atoms with Crippen LogP contribution in [0.5, 0.6) is 0 Å². The molecular weight excluding hydrogens is 306 g/mol. The standard InChI is InChI=1S/C19H29NO2S/c1-4-6-10-18(5-2)11-8-7-9-16-20-23(21,22)19-14-12-17(3)13-15-19/h8,12-15,20H,4-7,9-10,16H2,1-3H3. The molecule has 3 nitrogen and oxygen atoms in total. The Hall–Kier alpha value is -1.35. The van der Waals surface area contributed by atoms with Gasteiger partial charge >= 0.3 is 0 Å². The first-order valence-electron chi connectivity index (χ1n) is 8.48. The zero-order valence-electron chi connectivity index (χ0n) is 14.6. The molecule has 1 N–H and O–H groups in total. The van der Waals surface area contributed by atoms with Gasteiger partial charge in [0.1, 0.15) is 0 Å². The molecule has 1 rings (SSSR count). The molecule has 0 bridgehead atoms. The van der Waals surface area contributed by atoms with Gasteiger partial charge in [-0.1, -0.05) is 38.0 Å². The van der Waals surface area contributed by atoms with Crippen LogP contribution in [0, 0.1) is 6.92 Å². The highest BCUT2D eigenvalue weighted by Crippen LogP contribution is 2.11. The van der Waals surface area contributed by atoms with E-state index in [4.69, 9.17) is 0 Å². The van der Waals surface area contributed by atoms with E-state index in [9.17, 15) is 8.42 Å². The molecule has 0 aliphatic carbocycles. The number of sulfonamides is 1. The Kier molecular flexibility index (Phi) is 8.93. The Morgan fingerprint density at radius 1 is 1.17 bits per heavy atom. The van der Waals surface area contributed by atoms with Crippen molar-refractivity contribution in [2.24, 2.45) is 0 Å². The summed E-state index contributed by atoms with van der Waals surface area (Å²) in [6.07, 6.45) is 8.22. The molecule has 0 fully saturated rings. The van der Waals surface area contributed by atoms with Gasteiger partial charge in [0, 0.05) is 6.54 Å². The summed E-state index contributed by atoms with van der Waals surface area (Å²) in [5, 5.41) is 0. The lowest BCUT2D eigenvalue weighted by atomic mass is 10.1. The van der Waals surface area contributed by atoms with E-state index in [2.05, 4.69) is 24.3 Å². The summed E-state index contributed by atoms with van der Waals surface area (Å²) < 4.78 is 26.9. The predicted octanol–water partition coefficient (Wildman–Crippen LogP) is 4.74. The van der Waals surface area contributed by atoms with Gasteiger partial charge in [-0.3, -0.25) is 0 Å². The summed E-state index contributed by atoms with van der Waals surface area (Å²) in [5.41, 5.74) is 5.76. The minimum Gasteiger partial charge on any atom is -0.211 e. The third-order valence-electron chi connectivity index (χ3n) is 3.71. The van der Waals surface area contributed by atoms with E-state index in [1.54, 1.807) is 12.1 Å². The fraction of sp³-hybridized carbons (Fsp3) is 0.526. The molecule has 0 radical (unpaired) electrons. The van der Waals surface area contributed by atoms with Crippen molar-refractivity contribution in [3.05, 3.63) is 47.2 Å². The van der Waals surface area contributed by atoms with Crippen LogP contribution in [0.1, 0.15) is 57.9 Å². The molecule has 0 saturated carbocycles. The number of aryl methyl sites for hydroxylation is 1. The number of hydrogen-bond acceptors (Lipinski definition) is 2. The molecule has 23 heavy (non-hydrogen) atoms. The Morgan fingerprint density at radius 3 is 2.48 bits per heavy atom. The number of nitrogens with one attached hydrogen (secondary N) is 1. The Balaban J connectivity index is 2.42. The number of hydrogen-bond donors (Lipinski definition) is 1. The van der Waals surface area contributed by atoms with Gasteiger partial charge in [0.05, 0.1) is 4.90 Å². The smallest absolute Gasteiger partial charge is 0.211 e. The number of rotatable bonds is 10. The normalized spacial score (nSPS) is 11.1. The molecule has 0 aromatic heterocycles. The summed E-state index contributed by atoms with van der Waals surface area (Å²) >= 11 is 0. The van der Waals surface area contributed by atoms with E-state index in [1.807, 2.05) is 25.1 Å². The van der Waals surface area contributed by atoms with Gasteiger partial charge < -0.3 is 0 Å². The summed E-state index contributed by atoms with van der Waals surface area (Å²) in [6, 6.07) is 6.90. The van der Waals surface area contributed by atoms with Crippen LogP contribution < -0.4 is 4.72 Å². The monoisotopic (exact) mass is 335 g/mol. The fourth-order valence-electron chi connectivity index (χ4n) is 2.17. The van der Waals surface area contributed by atoms with E-state index in [1.165, 1.54) is 18.4 Å².